The highest BCUT2D eigenvalue weighted by atomic mass is 16.6. The van der Waals surface area contributed by atoms with Gasteiger partial charge in [-0.15, -0.1) is 0 Å². The largest absolute Gasteiger partial charge is 0.480 e. The second kappa shape index (κ2) is 14.0. The van der Waals surface area contributed by atoms with E-state index in [0.717, 1.165) is 12.1 Å². The summed E-state index contributed by atoms with van der Waals surface area (Å²) in [6.07, 6.45) is 16.1. The van der Waals surface area contributed by atoms with E-state index in [1.165, 1.54) is 64.2 Å². The Morgan fingerprint density at radius 1 is 0.839 bits per heavy atom. The molecule has 3 N–H and O–H groups in total. The Bertz CT molecular complexity index is 496. The fourth-order valence-corrected chi connectivity index (χ4v) is 4.74. The van der Waals surface area contributed by atoms with Crippen LogP contribution in [0.2, 0.25) is 0 Å². The van der Waals surface area contributed by atoms with Crippen LogP contribution < -0.4 is 10.6 Å². The molecule has 2 rings (SSSR count). The second-order valence-corrected chi connectivity index (χ2v) is 10.4. The van der Waals surface area contributed by atoms with Crippen LogP contribution in [-0.4, -0.2) is 40.4 Å². The van der Waals surface area contributed by atoms with E-state index in [9.17, 15) is 14.7 Å². The number of ether oxygens (including phenoxy) is 1. The van der Waals surface area contributed by atoms with Gasteiger partial charge in [-0.3, -0.25) is 0 Å². The zero-order valence-corrected chi connectivity index (χ0v) is 20.7. The van der Waals surface area contributed by atoms with Gasteiger partial charge in [0.25, 0.3) is 0 Å². The number of hydrogen-bond acceptors (Lipinski definition) is 4. The minimum Gasteiger partial charge on any atom is -0.480 e. The van der Waals surface area contributed by atoms with E-state index in [4.69, 9.17) is 4.74 Å². The first-order valence-electron chi connectivity index (χ1n) is 12.6. The average Bonchev–Trinajstić information content (AvgIpc) is 2.69. The SMILES string of the molecule is C1CCC(NC2CCCCC2)CC1.CCCC(CCC)(NC(=O)OC(C)(C)C)C(=O)O. The average molecular weight is 441 g/mol. The van der Waals surface area contributed by atoms with Gasteiger partial charge < -0.3 is 20.5 Å². The van der Waals surface area contributed by atoms with Crippen molar-refractivity contribution in [2.45, 2.75) is 148 Å². The lowest BCUT2D eigenvalue weighted by molar-refractivity contribution is -0.145. The smallest absolute Gasteiger partial charge is 0.408 e. The van der Waals surface area contributed by atoms with Gasteiger partial charge in [-0.2, -0.15) is 0 Å². The Morgan fingerprint density at radius 2 is 1.26 bits per heavy atom. The topological polar surface area (TPSA) is 87.7 Å². The van der Waals surface area contributed by atoms with Gasteiger partial charge in [-0.25, -0.2) is 9.59 Å². The fourth-order valence-electron chi connectivity index (χ4n) is 4.74. The fraction of sp³-hybridized carbons (Fsp3) is 0.920. The van der Waals surface area contributed by atoms with E-state index < -0.39 is 23.2 Å². The lowest BCUT2D eigenvalue weighted by Gasteiger charge is -2.31. The summed E-state index contributed by atoms with van der Waals surface area (Å²) < 4.78 is 5.12. The first-order chi connectivity index (χ1) is 14.6. The first-order valence-corrected chi connectivity index (χ1v) is 12.6. The van der Waals surface area contributed by atoms with Crippen molar-refractivity contribution in [1.82, 2.24) is 10.6 Å². The molecule has 0 bridgehead atoms. The summed E-state index contributed by atoms with van der Waals surface area (Å²) in [7, 11) is 0. The van der Waals surface area contributed by atoms with Crippen molar-refractivity contribution in [2.75, 3.05) is 0 Å². The van der Waals surface area contributed by atoms with E-state index in [0.29, 0.717) is 25.7 Å². The van der Waals surface area contributed by atoms with Crippen molar-refractivity contribution in [2.24, 2.45) is 0 Å². The van der Waals surface area contributed by atoms with E-state index in [2.05, 4.69) is 10.6 Å². The lowest BCUT2D eigenvalue weighted by Crippen LogP contribution is -2.55. The molecule has 0 radical (unpaired) electrons. The van der Waals surface area contributed by atoms with Gasteiger partial charge in [0.05, 0.1) is 0 Å². The summed E-state index contributed by atoms with van der Waals surface area (Å²) in [5.41, 5.74) is -1.85. The number of hydrogen-bond donors (Lipinski definition) is 3. The molecule has 2 fully saturated rings. The highest BCUT2D eigenvalue weighted by molar-refractivity contribution is 5.84. The van der Waals surface area contributed by atoms with Gasteiger partial charge in [-0.1, -0.05) is 65.2 Å². The molecule has 31 heavy (non-hydrogen) atoms. The number of rotatable bonds is 8. The van der Waals surface area contributed by atoms with Crippen LogP contribution in [0.25, 0.3) is 0 Å². The van der Waals surface area contributed by atoms with Crippen molar-refractivity contribution in [3.63, 3.8) is 0 Å². The third kappa shape index (κ3) is 11.2. The third-order valence-electron chi connectivity index (χ3n) is 6.18. The van der Waals surface area contributed by atoms with Crippen LogP contribution in [-0.2, 0) is 9.53 Å². The molecule has 182 valence electrons. The Hall–Kier alpha value is -1.30. The van der Waals surface area contributed by atoms with E-state index in [-0.39, 0.29) is 0 Å². The van der Waals surface area contributed by atoms with Crippen LogP contribution in [0, 0.1) is 0 Å². The maximum absolute atomic E-state index is 11.7. The molecule has 6 heteroatoms. The maximum Gasteiger partial charge on any atom is 0.408 e. The Labute approximate surface area is 190 Å². The number of amides is 1. The standard InChI is InChI=1S/C13H25NO4.C12H23N/c1-6-8-13(9-7-2,10(15)16)14-11(17)18-12(3,4)5;1-3-7-11(8-4-1)13-12-9-5-2-6-10-12/h6-9H2,1-5H3,(H,14,17)(H,15,16);11-13H,1-10H2. The van der Waals surface area contributed by atoms with Crippen LogP contribution in [0.1, 0.15) is 125 Å². The molecule has 0 saturated heterocycles. The van der Waals surface area contributed by atoms with Crippen molar-refractivity contribution in [3.05, 3.63) is 0 Å². The number of carboxylic acids is 1. The summed E-state index contributed by atoms with van der Waals surface area (Å²) in [4.78, 5) is 23.2. The molecule has 0 atom stereocenters. The Morgan fingerprint density at radius 3 is 1.58 bits per heavy atom. The van der Waals surface area contributed by atoms with Crippen LogP contribution in [0.3, 0.4) is 0 Å². The van der Waals surface area contributed by atoms with Crippen molar-refractivity contribution in [1.29, 1.82) is 0 Å². The molecule has 6 nitrogen and oxygen atoms in total. The molecule has 0 aromatic rings. The Balaban J connectivity index is 0.000000323. The van der Waals surface area contributed by atoms with Gasteiger partial charge in [-0.05, 0) is 59.3 Å². The summed E-state index contributed by atoms with van der Waals surface area (Å²) in [6.45, 7) is 9.02. The van der Waals surface area contributed by atoms with Crippen molar-refractivity contribution >= 4 is 12.1 Å². The van der Waals surface area contributed by atoms with Crippen molar-refractivity contribution in [3.8, 4) is 0 Å². The second-order valence-electron chi connectivity index (χ2n) is 10.4. The lowest BCUT2D eigenvalue weighted by atomic mass is 9.89. The van der Waals surface area contributed by atoms with Gasteiger partial charge >= 0.3 is 12.1 Å². The van der Waals surface area contributed by atoms with E-state index in [1.54, 1.807) is 20.8 Å². The summed E-state index contributed by atoms with van der Waals surface area (Å²) in [5, 5.41) is 15.7. The van der Waals surface area contributed by atoms with Gasteiger partial charge in [0.15, 0.2) is 0 Å². The summed E-state index contributed by atoms with van der Waals surface area (Å²) in [6, 6.07) is 1.74. The highest BCUT2D eigenvalue weighted by Crippen LogP contribution is 2.23. The minimum atomic E-state index is -1.22. The van der Waals surface area contributed by atoms with E-state index in [1.807, 2.05) is 13.8 Å². The number of aliphatic carboxylic acids is 1. The molecule has 2 saturated carbocycles. The molecule has 0 heterocycles. The predicted molar refractivity (Wildman–Crippen MR) is 126 cm³/mol. The number of carboxylic acid groups (broad SMARTS) is 1. The molecule has 0 spiro atoms. The number of carbonyl (C=O) groups is 2. The molecule has 0 aromatic heterocycles. The number of nitrogens with one attached hydrogen (secondary N) is 2. The molecule has 0 aliphatic heterocycles. The quantitative estimate of drug-likeness (QED) is 0.420. The van der Waals surface area contributed by atoms with E-state index >= 15 is 0 Å². The third-order valence-corrected chi connectivity index (χ3v) is 6.18. The molecule has 1 amide bonds. The summed E-state index contributed by atoms with van der Waals surface area (Å²) in [5.74, 6) is -1.00. The van der Waals surface area contributed by atoms with Crippen LogP contribution in [0.5, 0.6) is 0 Å². The van der Waals surface area contributed by atoms with Gasteiger partial charge in [0.2, 0.25) is 0 Å². The van der Waals surface area contributed by atoms with Crippen LogP contribution >= 0.6 is 0 Å². The Kier molecular flexibility index (Phi) is 12.5. The summed E-state index contributed by atoms with van der Waals surface area (Å²) >= 11 is 0. The molecule has 0 unspecified atom stereocenters. The molecule has 2 aliphatic rings. The normalized spacial score (nSPS) is 18.6. The predicted octanol–water partition coefficient (Wildman–Crippen LogP) is 6.18. The molecular weight excluding hydrogens is 392 g/mol. The van der Waals surface area contributed by atoms with Gasteiger partial charge in [0, 0.05) is 12.1 Å². The molecular formula is C25H48N2O4. The van der Waals surface area contributed by atoms with Crippen LogP contribution in [0.4, 0.5) is 4.79 Å². The zero-order valence-electron chi connectivity index (χ0n) is 20.7. The molecule has 0 aromatic carbocycles. The van der Waals surface area contributed by atoms with Crippen LogP contribution in [0.15, 0.2) is 0 Å². The number of carbonyl (C=O) groups excluding carboxylic acids is 1. The maximum atomic E-state index is 11.7. The first kappa shape index (κ1) is 27.7. The zero-order chi connectivity index (χ0) is 23.3. The minimum absolute atomic E-state index is 0.398. The number of alkyl carbamates (subject to hydrolysis) is 1. The van der Waals surface area contributed by atoms with Crippen molar-refractivity contribution < 1.29 is 19.4 Å². The highest BCUT2D eigenvalue weighted by Gasteiger charge is 2.39. The van der Waals surface area contributed by atoms with Gasteiger partial charge in [0.1, 0.15) is 11.1 Å². The monoisotopic (exact) mass is 440 g/mol. The molecule has 2 aliphatic carbocycles.